The standard InChI is InChI=1S/C6H14N4O2/c1-8-6(11)4-9-3-2-5(7)10-12/h9,12H,2-4H2,1H3,(H2,7,10)(H,8,11). The Kier molecular flexibility index (Phi) is 5.72. The van der Waals surface area contributed by atoms with Crippen molar-refractivity contribution >= 4 is 11.7 Å². The fraction of sp³-hybridized carbons (Fsp3) is 0.667. The van der Waals surface area contributed by atoms with Crippen LogP contribution in [0.15, 0.2) is 5.16 Å². The molecule has 0 bridgehead atoms. The van der Waals surface area contributed by atoms with Gasteiger partial charge in [-0.15, -0.1) is 0 Å². The second-order valence-corrected chi connectivity index (χ2v) is 2.19. The van der Waals surface area contributed by atoms with Gasteiger partial charge in [0.2, 0.25) is 5.91 Å². The third-order valence-corrected chi connectivity index (χ3v) is 1.25. The fourth-order valence-electron chi connectivity index (χ4n) is 0.557. The minimum Gasteiger partial charge on any atom is -0.409 e. The number of hydrogen-bond donors (Lipinski definition) is 4. The topological polar surface area (TPSA) is 99.7 Å². The molecule has 6 nitrogen and oxygen atoms in total. The zero-order chi connectivity index (χ0) is 9.40. The van der Waals surface area contributed by atoms with Gasteiger partial charge in [0.1, 0.15) is 5.84 Å². The lowest BCUT2D eigenvalue weighted by Gasteiger charge is -2.01. The van der Waals surface area contributed by atoms with Crippen LogP contribution in [-0.4, -0.2) is 37.1 Å². The first-order valence-corrected chi connectivity index (χ1v) is 3.58. The van der Waals surface area contributed by atoms with Gasteiger partial charge >= 0.3 is 0 Å². The van der Waals surface area contributed by atoms with Crippen LogP contribution >= 0.6 is 0 Å². The Morgan fingerprint density at radius 2 is 2.33 bits per heavy atom. The Balaban J connectivity index is 3.27. The van der Waals surface area contributed by atoms with Crippen molar-refractivity contribution in [2.75, 3.05) is 20.1 Å². The van der Waals surface area contributed by atoms with Crippen molar-refractivity contribution < 1.29 is 10.0 Å². The first kappa shape index (κ1) is 10.7. The third kappa shape index (κ3) is 5.48. The summed E-state index contributed by atoms with van der Waals surface area (Å²) < 4.78 is 0. The summed E-state index contributed by atoms with van der Waals surface area (Å²) in [5.74, 6) is 0.0638. The molecule has 0 unspecified atom stereocenters. The number of nitrogens with two attached hydrogens (primary N) is 1. The van der Waals surface area contributed by atoms with Gasteiger partial charge in [0.05, 0.1) is 6.54 Å². The smallest absolute Gasteiger partial charge is 0.233 e. The first-order chi connectivity index (χ1) is 5.70. The van der Waals surface area contributed by atoms with Crippen molar-refractivity contribution in [3.8, 4) is 0 Å². The summed E-state index contributed by atoms with van der Waals surface area (Å²) in [7, 11) is 1.56. The quantitative estimate of drug-likeness (QED) is 0.133. The number of carbonyl (C=O) groups is 1. The molecule has 0 aliphatic rings. The van der Waals surface area contributed by atoms with Crippen molar-refractivity contribution in [2.24, 2.45) is 10.9 Å². The van der Waals surface area contributed by atoms with Crippen LogP contribution in [0.1, 0.15) is 6.42 Å². The molecular weight excluding hydrogens is 160 g/mol. The summed E-state index contributed by atoms with van der Waals surface area (Å²) >= 11 is 0. The van der Waals surface area contributed by atoms with Crippen LogP contribution in [0.4, 0.5) is 0 Å². The van der Waals surface area contributed by atoms with Crippen molar-refractivity contribution in [3.63, 3.8) is 0 Å². The summed E-state index contributed by atoms with van der Waals surface area (Å²) in [6, 6.07) is 0. The van der Waals surface area contributed by atoms with Crippen LogP contribution in [0.5, 0.6) is 0 Å². The molecule has 0 radical (unpaired) electrons. The van der Waals surface area contributed by atoms with Crippen LogP contribution in [0.2, 0.25) is 0 Å². The highest BCUT2D eigenvalue weighted by atomic mass is 16.4. The van der Waals surface area contributed by atoms with E-state index in [0.717, 1.165) is 0 Å². The van der Waals surface area contributed by atoms with Crippen LogP contribution in [-0.2, 0) is 4.79 Å². The zero-order valence-electron chi connectivity index (χ0n) is 7.00. The van der Waals surface area contributed by atoms with Crippen molar-refractivity contribution in [2.45, 2.75) is 6.42 Å². The second kappa shape index (κ2) is 6.41. The minimum absolute atomic E-state index is 0.0884. The molecule has 0 heterocycles. The summed E-state index contributed by atoms with van der Waals surface area (Å²) in [5.41, 5.74) is 5.18. The highest BCUT2D eigenvalue weighted by Gasteiger charge is 1.96. The maximum atomic E-state index is 10.6. The lowest BCUT2D eigenvalue weighted by atomic mass is 10.4. The molecule has 0 rings (SSSR count). The molecule has 12 heavy (non-hydrogen) atoms. The monoisotopic (exact) mass is 174 g/mol. The zero-order valence-corrected chi connectivity index (χ0v) is 7.00. The van der Waals surface area contributed by atoms with Gasteiger partial charge in [-0.25, -0.2) is 0 Å². The molecule has 6 heteroatoms. The average Bonchev–Trinajstić information content (AvgIpc) is 2.11. The number of rotatable bonds is 5. The summed E-state index contributed by atoms with van der Waals surface area (Å²) in [6.45, 7) is 0.762. The van der Waals surface area contributed by atoms with Crippen molar-refractivity contribution in [1.29, 1.82) is 0 Å². The van der Waals surface area contributed by atoms with E-state index in [1.165, 1.54) is 0 Å². The third-order valence-electron chi connectivity index (χ3n) is 1.25. The Morgan fingerprint density at radius 1 is 1.67 bits per heavy atom. The van der Waals surface area contributed by atoms with Gasteiger partial charge in [0.25, 0.3) is 0 Å². The highest BCUT2D eigenvalue weighted by molar-refractivity contribution is 5.80. The number of likely N-dealkylation sites (N-methyl/N-ethyl adjacent to an activating group) is 1. The van der Waals surface area contributed by atoms with E-state index in [2.05, 4.69) is 15.8 Å². The van der Waals surface area contributed by atoms with Gasteiger partial charge in [-0.1, -0.05) is 5.16 Å². The maximum absolute atomic E-state index is 10.6. The molecule has 0 aromatic heterocycles. The lowest BCUT2D eigenvalue weighted by Crippen LogP contribution is -2.33. The number of amidine groups is 1. The van der Waals surface area contributed by atoms with Crippen LogP contribution < -0.4 is 16.4 Å². The molecule has 1 amide bonds. The SMILES string of the molecule is CNC(=O)CNCCC(N)=NO. The molecule has 0 fully saturated rings. The second-order valence-electron chi connectivity index (χ2n) is 2.19. The van der Waals surface area contributed by atoms with E-state index >= 15 is 0 Å². The summed E-state index contributed by atoms with van der Waals surface area (Å²) in [6.07, 6.45) is 0.424. The number of hydrogen-bond acceptors (Lipinski definition) is 4. The van der Waals surface area contributed by atoms with E-state index in [0.29, 0.717) is 13.0 Å². The molecule has 0 aliphatic carbocycles. The lowest BCUT2D eigenvalue weighted by molar-refractivity contribution is -0.119. The molecule has 70 valence electrons. The van der Waals surface area contributed by atoms with Gasteiger partial charge in [0.15, 0.2) is 0 Å². The fourth-order valence-corrected chi connectivity index (χ4v) is 0.557. The Morgan fingerprint density at radius 3 is 2.83 bits per heavy atom. The van der Waals surface area contributed by atoms with Crippen molar-refractivity contribution in [1.82, 2.24) is 10.6 Å². The van der Waals surface area contributed by atoms with E-state index in [-0.39, 0.29) is 18.3 Å². The Hall–Kier alpha value is -1.30. The maximum Gasteiger partial charge on any atom is 0.233 e. The molecule has 0 saturated carbocycles. The minimum atomic E-state index is -0.0884. The normalized spacial score (nSPS) is 11.2. The number of oxime groups is 1. The van der Waals surface area contributed by atoms with E-state index in [9.17, 15) is 4.79 Å². The summed E-state index contributed by atoms with van der Waals surface area (Å²) in [4.78, 5) is 10.6. The number of amides is 1. The number of nitrogens with zero attached hydrogens (tertiary/aromatic N) is 1. The largest absolute Gasteiger partial charge is 0.409 e. The van der Waals surface area contributed by atoms with E-state index in [1.807, 2.05) is 0 Å². The average molecular weight is 174 g/mol. The van der Waals surface area contributed by atoms with Gasteiger partial charge in [-0.2, -0.15) is 0 Å². The number of carbonyl (C=O) groups excluding carboxylic acids is 1. The van der Waals surface area contributed by atoms with E-state index in [4.69, 9.17) is 10.9 Å². The molecule has 0 saturated heterocycles. The first-order valence-electron chi connectivity index (χ1n) is 3.58. The van der Waals surface area contributed by atoms with Gasteiger partial charge in [-0.3, -0.25) is 4.79 Å². The molecule has 0 aromatic carbocycles. The summed E-state index contributed by atoms with van der Waals surface area (Å²) in [5, 5.41) is 16.2. The molecule has 0 aliphatic heterocycles. The number of nitrogens with one attached hydrogen (secondary N) is 2. The van der Waals surface area contributed by atoms with E-state index < -0.39 is 0 Å². The molecule has 5 N–H and O–H groups in total. The van der Waals surface area contributed by atoms with Crippen LogP contribution in [0, 0.1) is 0 Å². The van der Waals surface area contributed by atoms with Crippen LogP contribution in [0.3, 0.4) is 0 Å². The highest BCUT2D eigenvalue weighted by Crippen LogP contribution is 1.75. The predicted molar refractivity (Wildman–Crippen MR) is 45.0 cm³/mol. The predicted octanol–water partition coefficient (Wildman–Crippen LogP) is -1.54. The molecule has 0 atom stereocenters. The Labute approximate surface area is 70.8 Å². The van der Waals surface area contributed by atoms with Crippen molar-refractivity contribution in [3.05, 3.63) is 0 Å². The van der Waals surface area contributed by atoms with Gasteiger partial charge in [0, 0.05) is 20.0 Å². The van der Waals surface area contributed by atoms with Crippen LogP contribution in [0.25, 0.3) is 0 Å². The van der Waals surface area contributed by atoms with E-state index in [1.54, 1.807) is 7.05 Å². The van der Waals surface area contributed by atoms with Gasteiger partial charge < -0.3 is 21.6 Å². The van der Waals surface area contributed by atoms with Gasteiger partial charge in [-0.05, 0) is 0 Å². The Bertz CT molecular complexity index is 169. The molecule has 0 aromatic rings. The molecule has 0 spiro atoms. The molecular formula is C6H14N4O2.